The summed E-state index contributed by atoms with van der Waals surface area (Å²) >= 11 is 12.0. The summed E-state index contributed by atoms with van der Waals surface area (Å²) in [5.74, 6) is -0.781. The number of carbonyl (C=O) groups is 2. The molecule has 3 rings (SSSR count). The highest BCUT2D eigenvalue weighted by Gasteiger charge is 2.23. The van der Waals surface area contributed by atoms with Gasteiger partial charge in [0.15, 0.2) is 0 Å². The van der Waals surface area contributed by atoms with Crippen molar-refractivity contribution in [3.8, 4) is 0 Å². The highest BCUT2D eigenvalue weighted by Crippen LogP contribution is 2.26. The van der Waals surface area contributed by atoms with Crippen molar-refractivity contribution >= 4 is 40.7 Å². The zero-order valence-electron chi connectivity index (χ0n) is 15.4. The largest absolute Gasteiger partial charge is 0.336 e. The first-order chi connectivity index (χ1) is 14.0. The molecule has 0 radical (unpaired) electrons. The number of amides is 2. The molecule has 5 nitrogen and oxygen atoms in total. The third-order valence-electron chi connectivity index (χ3n) is 4.28. The van der Waals surface area contributed by atoms with Crippen LogP contribution in [0.1, 0.15) is 27.5 Å². The summed E-state index contributed by atoms with van der Waals surface area (Å²) in [6.45, 7) is 0.320. The molecule has 0 saturated heterocycles. The molecular formula is C22H19Cl2N3O2. The Morgan fingerprint density at radius 3 is 2.34 bits per heavy atom. The van der Waals surface area contributed by atoms with Gasteiger partial charge in [0.2, 0.25) is 0 Å². The van der Waals surface area contributed by atoms with E-state index in [-0.39, 0.29) is 5.91 Å². The molecule has 4 N–H and O–H groups in total. The fourth-order valence-electron chi connectivity index (χ4n) is 2.79. The van der Waals surface area contributed by atoms with Crippen LogP contribution in [0.3, 0.4) is 0 Å². The SMILES string of the molecule is NCc1cccc(C(=O)NC(C(=O)Nc2ccc(Cl)c(Cl)c2)c2ccccc2)c1. The molecule has 0 aliphatic heterocycles. The molecule has 1 atom stereocenters. The van der Waals surface area contributed by atoms with Crippen LogP contribution in [-0.4, -0.2) is 11.8 Å². The maximum absolute atomic E-state index is 13.0. The van der Waals surface area contributed by atoms with Gasteiger partial charge < -0.3 is 16.4 Å². The fourth-order valence-corrected chi connectivity index (χ4v) is 3.09. The van der Waals surface area contributed by atoms with E-state index in [9.17, 15) is 9.59 Å². The summed E-state index contributed by atoms with van der Waals surface area (Å²) in [7, 11) is 0. The summed E-state index contributed by atoms with van der Waals surface area (Å²) in [6.07, 6.45) is 0. The molecule has 0 bridgehead atoms. The van der Waals surface area contributed by atoms with Gasteiger partial charge in [-0.2, -0.15) is 0 Å². The standard InChI is InChI=1S/C22H19Cl2N3O2/c23-18-10-9-17(12-19(18)24)26-22(29)20(15-6-2-1-3-7-15)27-21(28)16-8-4-5-14(11-16)13-25/h1-12,20H,13,25H2,(H,26,29)(H,27,28). The van der Waals surface area contributed by atoms with Gasteiger partial charge in [0.05, 0.1) is 10.0 Å². The topological polar surface area (TPSA) is 84.2 Å². The van der Waals surface area contributed by atoms with Gasteiger partial charge in [-0.15, -0.1) is 0 Å². The number of benzene rings is 3. The lowest BCUT2D eigenvalue weighted by Crippen LogP contribution is -2.37. The summed E-state index contributed by atoms with van der Waals surface area (Å²) in [5, 5.41) is 6.28. The van der Waals surface area contributed by atoms with Crippen LogP contribution in [0.15, 0.2) is 72.8 Å². The average molecular weight is 428 g/mol. The second kappa shape index (κ2) is 9.56. The van der Waals surface area contributed by atoms with Gasteiger partial charge in [-0.05, 0) is 41.5 Å². The van der Waals surface area contributed by atoms with Gasteiger partial charge in [0, 0.05) is 17.8 Å². The van der Waals surface area contributed by atoms with Crippen LogP contribution < -0.4 is 16.4 Å². The maximum atomic E-state index is 13.0. The molecule has 7 heteroatoms. The Hall–Kier alpha value is -2.86. The van der Waals surface area contributed by atoms with Crippen LogP contribution in [0.25, 0.3) is 0 Å². The van der Waals surface area contributed by atoms with Crippen molar-refractivity contribution in [2.75, 3.05) is 5.32 Å². The predicted octanol–water partition coefficient (Wildman–Crippen LogP) is 4.56. The molecule has 1 unspecified atom stereocenters. The molecule has 0 aliphatic carbocycles. The minimum absolute atomic E-state index is 0.320. The Kier molecular flexibility index (Phi) is 6.88. The number of rotatable bonds is 6. The predicted molar refractivity (Wildman–Crippen MR) is 116 cm³/mol. The molecule has 3 aromatic carbocycles. The molecular weight excluding hydrogens is 409 g/mol. The zero-order chi connectivity index (χ0) is 20.8. The van der Waals surface area contributed by atoms with Crippen LogP contribution in [-0.2, 0) is 11.3 Å². The Labute approximate surface area is 178 Å². The fraction of sp³-hybridized carbons (Fsp3) is 0.0909. The molecule has 0 fully saturated rings. The van der Waals surface area contributed by atoms with E-state index in [1.807, 2.05) is 12.1 Å². The number of nitrogens with one attached hydrogen (secondary N) is 2. The van der Waals surface area contributed by atoms with Gasteiger partial charge >= 0.3 is 0 Å². The molecule has 0 aliphatic rings. The highest BCUT2D eigenvalue weighted by molar-refractivity contribution is 6.42. The summed E-state index contributed by atoms with van der Waals surface area (Å²) in [4.78, 5) is 25.8. The second-order valence-electron chi connectivity index (χ2n) is 6.34. The van der Waals surface area contributed by atoms with Crippen LogP contribution in [0.4, 0.5) is 5.69 Å². The van der Waals surface area contributed by atoms with Crippen LogP contribution in [0, 0.1) is 0 Å². The number of anilines is 1. The van der Waals surface area contributed by atoms with Gasteiger partial charge in [-0.1, -0.05) is 65.7 Å². The lowest BCUT2D eigenvalue weighted by molar-refractivity contribution is -0.118. The van der Waals surface area contributed by atoms with Gasteiger partial charge in [0.1, 0.15) is 6.04 Å². The van der Waals surface area contributed by atoms with Gasteiger partial charge in [-0.3, -0.25) is 9.59 Å². The Bertz CT molecular complexity index is 1030. The Morgan fingerprint density at radius 2 is 1.66 bits per heavy atom. The summed E-state index contributed by atoms with van der Waals surface area (Å²) in [5.41, 5.74) is 8.03. The van der Waals surface area contributed by atoms with Crippen LogP contribution in [0.5, 0.6) is 0 Å². The number of nitrogens with two attached hydrogens (primary N) is 1. The minimum Gasteiger partial charge on any atom is -0.336 e. The molecule has 3 aromatic rings. The van der Waals surface area contributed by atoms with Crippen molar-refractivity contribution < 1.29 is 9.59 Å². The molecule has 29 heavy (non-hydrogen) atoms. The summed E-state index contributed by atoms with van der Waals surface area (Å²) < 4.78 is 0. The van der Waals surface area contributed by atoms with E-state index in [2.05, 4.69) is 10.6 Å². The summed E-state index contributed by atoms with van der Waals surface area (Å²) in [6, 6.07) is 19.8. The molecule has 148 valence electrons. The number of hydrogen-bond donors (Lipinski definition) is 3. The van der Waals surface area contributed by atoms with E-state index in [4.69, 9.17) is 28.9 Å². The normalized spacial score (nSPS) is 11.6. The molecule has 0 saturated carbocycles. The first-order valence-corrected chi connectivity index (χ1v) is 9.64. The lowest BCUT2D eigenvalue weighted by atomic mass is 10.0. The smallest absolute Gasteiger partial charge is 0.252 e. The number of carbonyl (C=O) groups excluding carboxylic acids is 2. The monoisotopic (exact) mass is 427 g/mol. The van der Waals surface area contributed by atoms with E-state index in [0.29, 0.717) is 33.4 Å². The first-order valence-electron chi connectivity index (χ1n) is 8.88. The van der Waals surface area contributed by atoms with Gasteiger partial charge in [-0.25, -0.2) is 0 Å². The van der Waals surface area contributed by atoms with Crippen molar-refractivity contribution in [2.45, 2.75) is 12.6 Å². The Balaban J connectivity index is 1.85. The van der Waals surface area contributed by atoms with E-state index in [0.717, 1.165) is 5.56 Å². The van der Waals surface area contributed by atoms with Crippen molar-refractivity contribution in [1.29, 1.82) is 0 Å². The van der Waals surface area contributed by atoms with E-state index in [1.165, 1.54) is 0 Å². The Morgan fingerprint density at radius 1 is 0.897 bits per heavy atom. The van der Waals surface area contributed by atoms with E-state index < -0.39 is 11.9 Å². The molecule has 0 aromatic heterocycles. The third kappa shape index (κ3) is 5.35. The van der Waals surface area contributed by atoms with Crippen molar-refractivity contribution in [3.63, 3.8) is 0 Å². The minimum atomic E-state index is -0.903. The van der Waals surface area contributed by atoms with Crippen molar-refractivity contribution in [1.82, 2.24) is 5.32 Å². The second-order valence-corrected chi connectivity index (χ2v) is 7.15. The highest BCUT2D eigenvalue weighted by atomic mass is 35.5. The van der Waals surface area contributed by atoms with Crippen LogP contribution in [0.2, 0.25) is 10.0 Å². The number of hydrogen-bond acceptors (Lipinski definition) is 3. The van der Waals surface area contributed by atoms with Crippen LogP contribution >= 0.6 is 23.2 Å². The molecule has 2 amide bonds. The van der Waals surface area contributed by atoms with E-state index >= 15 is 0 Å². The maximum Gasteiger partial charge on any atom is 0.252 e. The molecule has 0 spiro atoms. The third-order valence-corrected chi connectivity index (χ3v) is 5.02. The molecule has 0 heterocycles. The van der Waals surface area contributed by atoms with E-state index in [1.54, 1.807) is 60.7 Å². The average Bonchev–Trinajstić information content (AvgIpc) is 2.75. The van der Waals surface area contributed by atoms with Crippen molar-refractivity contribution in [3.05, 3.63) is 99.5 Å². The quantitative estimate of drug-likeness (QED) is 0.538. The lowest BCUT2D eigenvalue weighted by Gasteiger charge is -2.19. The zero-order valence-corrected chi connectivity index (χ0v) is 16.9. The number of halogens is 2. The van der Waals surface area contributed by atoms with Gasteiger partial charge in [0.25, 0.3) is 11.8 Å². The van der Waals surface area contributed by atoms with Crippen molar-refractivity contribution in [2.24, 2.45) is 5.73 Å². The first kappa shape index (κ1) is 20.9.